The number of urea groups is 1. The fourth-order valence-electron chi connectivity index (χ4n) is 2.39. The van der Waals surface area contributed by atoms with Gasteiger partial charge in [0.2, 0.25) is 5.89 Å². The van der Waals surface area contributed by atoms with Crippen molar-refractivity contribution in [2.24, 2.45) is 5.41 Å². The predicted molar refractivity (Wildman–Crippen MR) is 89.0 cm³/mol. The summed E-state index contributed by atoms with van der Waals surface area (Å²) in [6, 6.07) is 6.70. The number of aliphatic hydroxyl groups is 1. The van der Waals surface area contributed by atoms with E-state index in [2.05, 4.69) is 10.3 Å². The number of nitrogens with zero attached hydrogens (tertiary/aromatic N) is 2. The molecule has 2 N–H and O–H groups in total. The highest BCUT2D eigenvalue weighted by molar-refractivity contribution is 5.89. The monoisotopic (exact) mass is 317 g/mol. The standard InChI is InChI=1S/C17H23N3O3/c1-17(2,3)14(11-21)20(4)16(22)19-13-7-5-12(6-8-13)15-18-9-10-23-15/h5-10,14,21H,11H2,1-4H3,(H,19,22). The van der Waals surface area contributed by atoms with Crippen molar-refractivity contribution in [3.05, 3.63) is 36.7 Å². The maximum atomic E-state index is 12.3. The van der Waals surface area contributed by atoms with Crippen molar-refractivity contribution < 1.29 is 14.3 Å². The highest BCUT2D eigenvalue weighted by Gasteiger charge is 2.30. The molecule has 0 saturated carbocycles. The molecule has 2 aromatic rings. The van der Waals surface area contributed by atoms with Crippen molar-refractivity contribution in [3.63, 3.8) is 0 Å². The smallest absolute Gasteiger partial charge is 0.321 e. The molecule has 1 atom stereocenters. The topological polar surface area (TPSA) is 78.6 Å². The van der Waals surface area contributed by atoms with Gasteiger partial charge in [-0.2, -0.15) is 0 Å². The van der Waals surface area contributed by atoms with Gasteiger partial charge in [0.15, 0.2) is 0 Å². The molecule has 1 aromatic heterocycles. The number of aromatic nitrogens is 1. The molecule has 2 rings (SSSR count). The van der Waals surface area contributed by atoms with Gasteiger partial charge in [-0.05, 0) is 29.7 Å². The zero-order valence-corrected chi connectivity index (χ0v) is 13.9. The third kappa shape index (κ3) is 4.10. The summed E-state index contributed by atoms with van der Waals surface area (Å²) in [5.74, 6) is 0.535. The first-order valence-electron chi connectivity index (χ1n) is 7.47. The predicted octanol–water partition coefficient (Wildman–Crippen LogP) is 3.21. The van der Waals surface area contributed by atoms with Crippen LogP contribution < -0.4 is 5.32 Å². The van der Waals surface area contributed by atoms with Crippen LogP contribution in [0.25, 0.3) is 11.5 Å². The van der Waals surface area contributed by atoms with Crippen LogP contribution in [0.15, 0.2) is 41.1 Å². The van der Waals surface area contributed by atoms with Crippen LogP contribution in [0.4, 0.5) is 10.5 Å². The molecule has 6 nitrogen and oxygen atoms in total. The van der Waals surface area contributed by atoms with Gasteiger partial charge in [-0.1, -0.05) is 20.8 Å². The van der Waals surface area contributed by atoms with E-state index in [1.165, 1.54) is 11.2 Å². The van der Waals surface area contributed by atoms with Crippen molar-refractivity contribution in [2.75, 3.05) is 19.0 Å². The van der Waals surface area contributed by atoms with Gasteiger partial charge in [0.25, 0.3) is 0 Å². The average molecular weight is 317 g/mol. The Morgan fingerprint density at radius 3 is 2.48 bits per heavy atom. The summed E-state index contributed by atoms with van der Waals surface area (Å²) in [6.07, 6.45) is 3.10. The molecular formula is C17H23N3O3. The van der Waals surface area contributed by atoms with E-state index in [0.717, 1.165) is 5.56 Å². The third-order valence-electron chi connectivity index (χ3n) is 3.78. The van der Waals surface area contributed by atoms with E-state index in [4.69, 9.17) is 4.42 Å². The van der Waals surface area contributed by atoms with Gasteiger partial charge in [-0.15, -0.1) is 0 Å². The number of likely N-dealkylation sites (N-methyl/N-ethyl adjacent to an activating group) is 1. The van der Waals surface area contributed by atoms with Gasteiger partial charge in [0.05, 0.1) is 18.8 Å². The van der Waals surface area contributed by atoms with Crippen molar-refractivity contribution in [2.45, 2.75) is 26.8 Å². The van der Waals surface area contributed by atoms with Crippen LogP contribution in [-0.4, -0.2) is 40.7 Å². The number of anilines is 1. The summed E-state index contributed by atoms with van der Waals surface area (Å²) in [4.78, 5) is 18.0. The summed E-state index contributed by atoms with van der Waals surface area (Å²) >= 11 is 0. The lowest BCUT2D eigenvalue weighted by molar-refractivity contribution is 0.0886. The average Bonchev–Trinajstić information content (AvgIpc) is 3.01. The van der Waals surface area contributed by atoms with Crippen molar-refractivity contribution >= 4 is 11.7 Å². The lowest BCUT2D eigenvalue weighted by atomic mass is 9.86. The second-order valence-electron chi connectivity index (χ2n) is 6.52. The molecule has 0 aliphatic heterocycles. The van der Waals surface area contributed by atoms with E-state index in [1.54, 1.807) is 25.4 Å². The fraction of sp³-hybridized carbons (Fsp3) is 0.412. The Bertz CT molecular complexity index is 630. The molecule has 124 valence electrons. The van der Waals surface area contributed by atoms with Crippen LogP contribution in [0.3, 0.4) is 0 Å². The van der Waals surface area contributed by atoms with Crippen LogP contribution in [0.5, 0.6) is 0 Å². The first-order valence-corrected chi connectivity index (χ1v) is 7.47. The summed E-state index contributed by atoms with van der Waals surface area (Å²) in [7, 11) is 1.68. The summed E-state index contributed by atoms with van der Waals surface area (Å²) in [5.41, 5.74) is 1.29. The summed E-state index contributed by atoms with van der Waals surface area (Å²) < 4.78 is 5.23. The molecular weight excluding hydrogens is 294 g/mol. The van der Waals surface area contributed by atoms with E-state index < -0.39 is 0 Å². The Labute approximate surface area is 136 Å². The largest absolute Gasteiger partial charge is 0.445 e. The van der Waals surface area contributed by atoms with Gasteiger partial charge < -0.3 is 19.7 Å². The summed E-state index contributed by atoms with van der Waals surface area (Å²) in [6.45, 7) is 5.88. The van der Waals surface area contributed by atoms with Gasteiger partial charge in [-0.25, -0.2) is 9.78 Å². The van der Waals surface area contributed by atoms with E-state index >= 15 is 0 Å². The minimum absolute atomic E-state index is 0.0868. The molecule has 0 bridgehead atoms. The van der Waals surface area contributed by atoms with Crippen molar-refractivity contribution in [3.8, 4) is 11.5 Å². The SMILES string of the molecule is CN(C(=O)Nc1ccc(-c2ncco2)cc1)C(CO)C(C)(C)C. The normalized spacial score (nSPS) is 12.7. The molecule has 0 radical (unpaired) electrons. The molecule has 2 amide bonds. The Kier molecular flexibility index (Phi) is 5.05. The second-order valence-corrected chi connectivity index (χ2v) is 6.52. The number of carbonyl (C=O) groups is 1. The lowest BCUT2D eigenvalue weighted by Crippen LogP contribution is -2.48. The van der Waals surface area contributed by atoms with Crippen molar-refractivity contribution in [1.82, 2.24) is 9.88 Å². The van der Waals surface area contributed by atoms with Gasteiger partial charge in [0, 0.05) is 18.3 Å². The number of hydrogen-bond acceptors (Lipinski definition) is 4. The van der Waals surface area contributed by atoms with Gasteiger partial charge >= 0.3 is 6.03 Å². The van der Waals surface area contributed by atoms with E-state index in [1.807, 2.05) is 32.9 Å². The maximum Gasteiger partial charge on any atom is 0.321 e. The van der Waals surface area contributed by atoms with Gasteiger partial charge in [-0.3, -0.25) is 0 Å². The number of oxazole rings is 1. The number of hydrogen-bond donors (Lipinski definition) is 2. The zero-order valence-electron chi connectivity index (χ0n) is 13.9. The Morgan fingerprint density at radius 2 is 2.00 bits per heavy atom. The molecule has 0 aliphatic carbocycles. The minimum Gasteiger partial charge on any atom is -0.445 e. The van der Waals surface area contributed by atoms with E-state index in [0.29, 0.717) is 11.6 Å². The van der Waals surface area contributed by atoms with Crippen LogP contribution >= 0.6 is 0 Å². The first kappa shape index (κ1) is 17.0. The molecule has 6 heteroatoms. The Balaban J connectivity index is 2.05. The molecule has 0 aliphatic rings. The maximum absolute atomic E-state index is 12.3. The lowest BCUT2D eigenvalue weighted by Gasteiger charge is -2.36. The molecule has 1 aromatic carbocycles. The van der Waals surface area contributed by atoms with Crippen molar-refractivity contribution in [1.29, 1.82) is 0 Å². The number of carbonyl (C=O) groups excluding carboxylic acids is 1. The zero-order chi connectivity index (χ0) is 17.0. The van der Waals surface area contributed by atoms with Crippen LogP contribution in [-0.2, 0) is 0 Å². The molecule has 0 spiro atoms. The van der Waals surface area contributed by atoms with Crippen LogP contribution in [0.1, 0.15) is 20.8 Å². The minimum atomic E-state index is -0.269. The van der Waals surface area contributed by atoms with Crippen LogP contribution in [0.2, 0.25) is 0 Å². The van der Waals surface area contributed by atoms with Crippen LogP contribution in [0, 0.1) is 5.41 Å². The van der Waals surface area contributed by atoms with E-state index in [9.17, 15) is 9.90 Å². The number of benzene rings is 1. The number of amides is 2. The molecule has 0 saturated heterocycles. The number of rotatable bonds is 4. The Hall–Kier alpha value is -2.34. The first-order chi connectivity index (χ1) is 10.8. The van der Waals surface area contributed by atoms with E-state index in [-0.39, 0.29) is 24.1 Å². The molecule has 23 heavy (non-hydrogen) atoms. The third-order valence-corrected chi connectivity index (χ3v) is 3.78. The quantitative estimate of drug-likeness (QED) is 0.907. The fourth-order valence-corrected chi connectivity index (χ4v) is 2.39. The number of aliphatic hydroxyl groups excluding tert-OH is 1. The van der Waals surface area contributed by atoms with Gasteiger partial charge in [0.1, 0.15) is 6.26 Å². The number of nitrogens with one attached hydrogen (secondary N) is 1. The summed E-state index contributed by atoms with van der Waals surface area (Å²) in [5, 5.41) is 12.4. The molecule has 1 unspecified atom stereocenters. The highest BCUT2D eigenvalue weighted by Crippen LogP contribution is 2.24. The highest BCUT2D eigenvalue weighted by atomic mass is 16.3. The Morgan fingerprint density at radius 1 is 1.35 bits per heavy atom. The molecule has 1 heterocycles. The second kappa shape index (κ2) is 6.83. The molecule has 0 fully saturated rings.